The number of hydrogen-bond acceptors (Lipinski definition) is 5. The zero-order chi connectivity index (χ0) is 21.8. The number of aromatic nitrogens is 4. The van der Waals surface area contributed by atoms with Gasteiger partial charge in [0, 0.05) is 24.2 Å². The van der Waals surface area contributed by atoms with E-state index in [9.17, 15) is 9.59 Å². The summed E-state index contributed by atoms with van der Waals surface area (Å²) in [5.74, 6) is -0.833. The van der Waals surface area contributed by atoms with E-state index in [1.807, 2.05) is 6.92 Å². The van der Waals surface area contributed by atoms with Gasteiger partial charge in [0.15, 0.2) is 6.73 Å². The molecule has 1 amide bonds. The number of rotatable bonds is 8. The molecule has 0 spiro atoms. The minimum atomic E-state index is -1.06. The molecule has 3 rings (SSSR count). The molecule has 158 valence electrons. The summed E-state index contributed by atoms with van der Waals surface area (Å²) in [5, 5.41) is 21.0. The van der Waals surface area contributed by atoms with Gasteiger partial charge in [0.05, 0.1) is 33.9 Å². The summed E-state index contributed by atoms with van der Waals surface area (Å²) in [6.07, 6.45) is 2.75. The van der Waals surface area contributed by atoms with Crippen molar-refractivity contribution in [1.29, 1.82) is 0 Å². The number of amides is 1. The lowest BCUT2D eigenvalue weighted by Gasteiger charge is -2.10. The van der Waals surface area contributed by atoms with Gasteiger partial charge in [-0.05, 0) is 32.0 Å². The van der Waals surface area contributed by atoms with Gasteiger partial charge in [-0.25, -0.2) is 9.48 Å². The van der Waals surface area contributed by atoms with Gasteiger partial charge >= 0.3 is 5.97 Å². The van der Waals surface area contributed by atoms with Crippen LogP contribution in [0.4, 0.5) is 5.69 Å². The molecule has 3 aromatic rings. The van der Waals surface area contributed by atoms with E-state index in [4.69, 9.17) is 33.0 Å². The molecule has 9 nitrogen and oxygen atoms in total. The van der Waals surface area contributed by atoms with Crippen LogP contribution in [0.1, 0.15) is 28.2 Å². The van der Waals surface area contributed by atoms with Crippen LogP contribution in [0.15, 0.2) is 30.6 Å². The number of carbonyl (C=O) groups is 2. The van der Waals surface area contributed by atoms with Crippen LogP contribution in [0.25, 0.3) is 0 Å². The van der Waals surface area contributed by atoms with Crippen molar-refractivity contribution >= 4 is 40.8 Å². The van der Waals surface area contributed by atoms with Crippen molar-refractivity contribution in [3.8, 4) is 5.75 Å². The molecule has 30 heavy (non-hydrogen) atoms. The maximum Gasteiger partial charge on any atom is 0.338 e. The molecule has 0 aliphatic carbocycles. The summed E-state index contributed by atoms with van der Waals surface area (Å²) in [6.45, 7) is 3.95. The number of halogens is 2. The normalized spacial score (nSPS) is 10.8. The van der Waals surface area contributed by atoms with Crippen molar-refractivity contribution in [1.82, 2.24) is 19.6 Å². The smallest absolute Gasteiger partial charge is 0.338 e. The van der Waals surface area contributed by atoms with Gasteiger partial charge in [-0.3, -0.25) is 9.48 Å². The van der Waals surface area contributed by atoms with Crippen LogP contribution in [0.2, 0.25) is 10.0 Å². The number of carboxylic acid groups (broad SMARTS) is 1. The van der Waals surface area contributed by atoms with Gasteiger partial charge < -0.3 is 15.2 Å². The molecule has 0 unspecified atom stereocenters. The maximum atomic E-state index is 12.3. The molecule has 2 heterocycles. The second-order valence-electron chi connectivity index (χ2n) is 6.49. The highest BCUT2D eigenvalue weighted by molar-refractivity contribution is 6.35. The molecule has 0 fully saturated rings. The summed E-state index contributed by atoms with van der Waals surface area (Å²) in [6, 6.07) is 4.93. The van der Waals surface area contributed by atoms with Gasteiger partial charge in [0.2, 0.25) is 5.91 Å². The summed E-state index contributed by atoms with van der Waals surface area (Å²) in [5.41, 5.74) is 2.03. The number of aryl methyl sites for hydroxylation is 2. The largest absolute Gasteiger partial charge is 0.478 e. The molecule has 0 bridgehead atoms. The standard InChI is InChI=1S/C19H19Cl2N5O4/c1-11-18(23-17(27)5-6-25-9-13(8-22-25)19(28)29)12(2)26(24-11)10-30-16-4-3-14(20)7-15(16)21/h3-4,7-9H,5-6,10H2,1-2H3,(H,23,27)(H,28,29). The predicted octanol–water partition coefficient (Wildman–Crippen LogP) is 3.77. The average Bonchev–Trinajstić information content (AvgIpc) is 3.26. The van der Waals surface area contributed by atoms with Crippen molar-refractivity contribution < 1.29 is 19.4 Å². The minimum Gasteiger partial charge on any atom is -0.478 e. The van der Waals surface area contributed by atoms with E-state index in [0.717, 1.165) is 5.69 Å². The van der Waals surface area contributed by atoms with Crippen LogP contribution < -0.4 is 10.1 Å². The van der Waals surface area contributed by atoms with Gasteiger partial charge in [0.25, 0.3) is 0 Å². The predicted molar refractivity (Wildman–Crippen MR) is 111 cm³/mol. The van der Waals surface area contributed by atoms with Crippen LogP contribution in [0.5, 0.6) is 5.75 Å². The van der Waals surface area contributed by atoms with Crippen LogP contribution in [-0.2, 0) is 18.1 Å². The van der Waals surface area contributed by atoms with Gasteiger partial charge in [-0.15, -0.1) is 0 Å². The third-order valence-corrected chi connectivity index (χ3v) is 4.86. The summed E-state index contributed by atoms with van der Waals surface area (Å²) < 4.78 is 8.72. The van der Waals surface area contributed by atoms with Gasteiger partial charge in [0.1, 0.15) is 5.75 Å². The Kier molecular flexibility index (Phi) is 6.63. The number of ether oxygens (including phenoxy) is 1. The third kappa shape index (κ3) is 5.11. The lowest BCUT2D eigenvalue weighted by Crippen LogP contribution is -2.16. The first-order valence-electron chi connectivity index (χ1n) is 8.92. The molecule has 0 aliphatic heterocycles. The first-order valence-corrected chi connectivity index (χ1v) is 9.67. The number of hydrogen-bond donors (Lipinski definition) is 2. The first-order chi connectivity index (χ1) is 14.2. The number of aromatic carboxylic acids is 1. The van der Waals surface area contributed by atoms with Crippen molar-refractivity contribution in [2.75, 3.05) is 5.32 Å². The molecular weight excluding hydrogens is 433 g/mol. The van der Waals surface area contributed by atoms with Crippen molar-refractivity contribution in [2.24, 2.45) is 0 Å². The Hall–Kier alpha value is -3.04. The van der Waals surface area contributed by atoms with E-state index in [1.54, 1.807) is 29.8 Å². The van der Waals surface area contributed by atoms with Crippen LogP contribution >= 0.6 is 23.2 Å². The number of carboxylic acids is 1. The highest BCUT2D eigenvalue weighted by atomic mass is 35.5. The molecule has 0 saturated carbocycles. The topological polar surface area (TPSA) is 111 Å². The zero-order valence-electron chi connectivity index (χ0n) is 16.2. The highest BCUT2D eigenvalue weighted by Crippen LogP contribution is 2.28. The number of carbonyl (C=O) groups excluding carboxylic acids is 1. The lowest BCUT2D eigenvalue weighted by molar-refractivity contribution is -0.116. The number of nitrogens with zero attached hydrogens (tertiary/aromatic N) is 4. The van der Waals surface area contributed by atoms with E-state index in [0.29, 0.717) is 27.2 Å². The summed E-state index contributed by atoms with van der Waals surface area (Å²) in [4.78, 5) is 23.2. The maximum absolute atomic E-state index is 12.3. The molecule has 11 heteroatoms. The fourth-order valence-electron chi connectivity index (χ4n) is 2.74. The molecular formula is C19H19Cl2N5O4. The van der Waals surface area contributed by atoms with Crippen LogP contribution in [-0.4, -0.2) is 36.5 Å². The van der Waals surface area contributed by atoms with E-state index in [1.165, 1.54) is 17.1 Å². The van der Waals surface area contributed by atoms with Gasteiger partial charge in [-0.1, -0.05) is 23.2 Å². The first kappa shape index (κ1) is 21.7. The number of anilines is 1. The highest BCUT2D eigenvalue weighted by Gasteiger charge is 2.15. The monoisotopic (exact) mass is 451 g/mol. The van der Waals surface area contributed by atoms with E-state index in [-0.39, 0.29) is 31.2 Å². The minimum absolute atomic E-state index is 0.0733. The molecule has 0 saturated heterocycles. The number of benzene rings is 1. The Bertz CT molecular complexity index is 1090. The molecule has 0 atom stereocenters. The Morgan fingerprint density at radius 1 is 1.27 bits per heavy atom. The van der Waals surface area contributed by atoms with Crippen LogP contribution in [0.3, 0.4) is 0 Å². The van der Waals surface area contributed by atoms with Crippen molar-refractivity contribution in [3.05, 3.63) is 57.6 Å². The Morgan fingerprint density at radius 2 is 2.03 bits per heavy atom. The summed E-state index contributed by atoms with van der Waals surface area (Å²) in [7, 11) is 0. The zero-order valence-corrected chi connectivity index (χ0v) is 17.7. The molecule has 2 N–H and O–H groups in total. The molecule has 0 aliphatic rings. The lowest BCUT2D eigenvalue weighted by atomic mass is 10.3. The Labute approximate surface area is 182 Å². The second-order valence-corrected chi connectivity index (χ2v) is 7.33. The van der Waals surface area contributed by atoms with Crippen LogP contribution in [0, 0.1) is 13.8 Å². The van der Waals surface area contributed by atoms with Crippen molar-refractivity contribution in [3.63, 3.8) is 0 Å². The summed E-state index contributed by atoms with van der Waals surface area (Å²) >= 11 is 12.0. The van der Waals surface area contributed by atoms with E-state index >= 15 is 0 Å². The molecule has 0 radical (unpaired) electrons. The second kappa shape index (κ2) is 9.19. The van der Waals surface area contributed by atoms with E-state index in [2.05, 4.69) is 15.5 Å². The fourth-order valence-corrected chi connectivity index (χ4v) is 3.20. The average molecular weight is 452 g/mol. The third-order valence-electron chi connectivity index (χ3n) is 4.33. The van der Waals surface area contributed by atoms with Crippen molar-refractivity contribution in [2.45, 2.75) is 33.5 Å². The molecule has 2 aromatic heterocycles. The number of nitrogens with one attached hydrogen (secondary N) is 1. The quantitative estimate of drug-likeness (QED) is 0.538. The Balaban J connectivity index is 1.60. The van der Waals surface area contributed by atoms with E-state index < -0.39 is 5.97 Å². The molecule has 1 aromatic carbocycles. The fraction of sp³-hybridized carbons (Fsp3) is 0.263. The van der Waals surface area contributed by atoms with Gasteiger partial charge in [-0.2, -0.15) is 10.2 Å². The SMILES string of the molecule is Cc1nn(COc2ccc(Cl)cc2Cl)c(C)c1NC(=O)CCn1cc(C(=O)O)cn1. The Morgan fingerprint density at radius 3 is 2.70 bits per heavy atom.